The molecule has 1 heterocycles. The first-order valence-corrected chi connectivity index (χ1v) is 8.13. The summed E-state index contributed by atoms with van der Waals surface area (Å²) in [5.74, 6) is -0.464. The van der Waals surface area contributed by atoms with Gasteiger partial charge in [0, 0.05) is 5.56 Å². The molecule has 3 aromatic rings. The zero-order valence-corrected chi connectivity index (χ0v) is 14.4. The highest BCUT2D eigenvalue weighted by atomic mass is 35.5. The van der Waals surface area contributed by atoms with Crippen LogP contribution in [0.15, 0.2) is 54.6 Å². The quantitative estimate of drug-likeness (QED) is 0.613. The Morgan fingerprint density at radius 1 is 1.08 bits per heavy atom. The summed E-state index contributed by atoms with van der Waals surface area (Å²) in [5, 5.41) is 5.26. The van der Waals surface area contributed by atoms with Gasteiger partial charge in [0.1, 0.15) is 0 Å². The molecule has 0 atom stereocenters. The van der Waals surface area contributed by atoms with Crippen molar-refractivity contribution in [2.24, 2.45) is 0 Å². The fourth-order valence-corrected chi connectivity index (χ4v) is 2.61. The highest BCUT2D eigenvalue weighted by molar-refractivity contribution is 6.42. The fraction of sp³-hybridized carbons (Fsp3) is 0.111. The summed E-state index contributed by atoms with van der Waals surface area (Å²) in [6.45, 7) is 2.05. The van der Waals surface area contributed by atoms with Crippen LogP contribution in [0.5, 0.6) is 0 Å². The molecule has 2 aromatic carbocycles. The molecule has 3 rings (SSSR count). The van der Waals surface area contributed by atoms with Crippen LogP contribution in [0, 0.1) is 0 Å². The molecule has 24 heavy (non-hydrogen) atoms. The first kappa shape index (κ1) is 16.6. The van der Waals surface area contributed by atoms with Crippen LogP contribution in [0.25, 0.3) is 16.9 Å². The smallest absolute Gasteiger partial charge is 0.358 e. The zero-order valence-electron chi connectivity index (χ0n) is 12.9. The van der Waals surface area contributed by atoms with E-state index in [1.165, 1.54) is 0 Å². The fourth-order valence-electron chi connectivity index (χ4n) is 2.31. The number of carbonyl (C=O) groups excluding carboxylic acids is 1. The molecule has 0 amide bonds. The van der Waals surface area contributed by atoms with Crippen molar-refractivity contribution >= 4 is 29.2 Å². The molecule has 0 unspecified atom stereocenters. The third-order valence-electron chi connectivity index (χ3n) is 3.41. The van der Waals surface area contributed by atoms with Crippen molar-refractivity contribution in [3.63, 3.8) is 0 Å². The van der Waals surface area contributed by atoms with Gasteiger partial charge >= 0.3 is 5.97 Å². The SMILES string of the molecule is CCOC(=O)c1cc(-c2ccccc2)n(-c2ccc(Cl)c(Cl)c2)n1. The molecule has 122 valence electrons. The summed E-state index contributed by atoms with van der Waals surface area (Å²) in [6, 6.07) is 16.6. The molecule has 0 fully saturated rings. The Bertz CT molecular complexity index is 876. The van der Waals surface area contributed by atoms with Gasteiger partial charge in [-0.3, -0.25) is 0 Å². The van der Waals surface area contributed by atoms with Crippen molar-refractivity contribution in [3.8, 4) is 16.9 Å². The highest BCUT2D eigenvalue weighted by Gasteiger charge is 2.18. The van der Waals surface area contributed by atoms with Crippen LogP contribution in [-0.2, 0) is 4.74 Å². The molecule has 6 heteroatoms. The topological polar surface area (TPSA) is 44.1 Å². The Morgan fingerprint density at radius 3 is 2.50 bits per heavy atom. The number of hydrogen-bond donors (Lipinski definition) is 0. The average Bonchev–Trinajstić information content (AvgIpc) is 3.04. The molecular formula is C18H14Cl2N2O2. The third kappa shape index (κ3) is 3.30. The molecule has 0 aliphatic rings. The Morgan fingerprint density at radius 2 is 1.83 bits per heavy atom. The summed E-state index contributed by atoms with van der Waals surface area (Å²) in [6.07, 6.45) is 0. The number of halogens is 2. The lowest BCUT2D eigenvalue weighted by molar-refractivity contribution is 0.0519. The summed E-state index contributed by atoms with van der Waals surface area (Å²) < 4.78 is 6.71. The lowest BCUT2D eigenvalue weighted by Crippen LogP contribution is -2.06. The van der Waals surface area contributed by atoms with Crippen molar-refractivity contribution in [2.75, 3.05) is 6.61 Å². The summed E-state index contributed by atoms with van der Waals surface area (Å²) in [5.41, 5.74) is 2.63. The van der Waals surface area contributed by atoms with E-state index in [0.717, 1.165) is 11.3 Å². The number of hydrogen-bond acceptors (Lipinski definition) is 3. The van der Waals surface area contributed by atoms with Gasteiger partial charge in [-0.2, -0.15) is 5.10 Å². The second kappa shape index (κ2) is 7.07. The predicted octanol–water partition coefficient (Wildman–Crippen LogP) is 5.02. The van der Waals surface area contributed by atoms with E-state index in [-0.39, 0.29) is 5.69 Å². The minimum atomic E-state index is -0.464. The van der Waals surface area contributed by atoms with Gasteiger partial charge in [0.05, 0.1) is 28.0 Å². The van der Waals surface area contributed by atoms with E-state index in [2.05, 4.69) is 5.10 Å². The van der Waals surface area contributed by atoms with E-state index in [4.69, 9.17) is 27.9 Å². The summed E-state index contributed by atoms with van der Waals surface area (Å²) >= 11 is 12.1. The normalized spacial score (nSPS) is 10.6. The number of ether oxygens (including phenoxy) is 1. The maximum atomic E-state index is 12.0. The highest BCUT2D eigenvalue weighted by Crippen LogP contribution is 2.28. The van der Waals surface area contributed by atoms with Gasteiger partial charge < -0.3 is 4.74 Å². The van der Waals surface area contributed by atoms with Gasteiger partial charge in [0.15, 0.2) is 5.69 Å². The lowest BCUT2D eigenvalue weighted by Gasteiger charge is -2.08. The van der Waals surface area contributed by atoms with Gasteiger partial charge in [-0.25, -0.2) is 9.48 Å². The van der Waals surface area contributed by atoms with Crippen LogP contribution in [0.1, 0.15) is 17.4 Å². The molecule has 0 aliphatic carbocycles. The molecule has 0 radical (unpaired) electrons. The number of benzene rings is 2. The monoisotopic (exact) mass is 360 g/mol. The molecule has 1 aromatic heterocycles. The first-order valence-electron chi connectivity index (χ1n) is 7.38. The van der Waals surface area contributed by atoms with Crippen LogP contribution in [0.3, 0.4) is 0 Å². The maximum Gasteiger partial charge on any atom is 0.358 e. The first-order chi connectivity index (χ1) is 11.6. The molecule has 0 aliphatic heterocycles. The van der Waals surface area contributed by atoms with Crippen LogP contribution in [-0.4, -0.2) is 22.4 Å². The minimum Gasteiger partial charge on any atom is -0.461 e. The summed E-state index contributed by atoms with van der Waals surface area (Å²) in [4.78, 5) is 12.0. The van der Waals surface area contributed by atoms with E-state index >= 15 is 0 Å². The zero-order chi connectivity index (χ0) is 17.1. The number of aromatic nitrogens is 2. The van der Waals surface area contributed by atoms with Gasteiger partial charge in [-0.1, -0.05) is 53.5 Å². The van der Waals surface area contributed by atoms with E-state index in [1.807, 2.05) is 30.3 Å². The van der Waals surface area contributed by atoms with Gasteiger partial charge in [0.25, 0.3) is 0 Å². The van der Waals surface area contributed by atoms with E-state index < -0.39 is 5.97 Å². The third-order valence-corrected chi connectivity index (χ3v) is 4.15. The standard InChI is InChI=1S/C18H14Cl2N2O2/c1-2-24-18(23)16-11-17(12-6-4-3-5-7-12)22(21-16)13-8-9-14(19)15(20)10-13/h3-11H,2H2,1H3. The lowest BCUT2D eigenvalue weighted by atomic mass is 10.1. The largest absolute Gasteiger partial charge is 0.461 e. The molecule has 0 N–H and O–H groups in total. The number of nitrogens with zero attached hydrogens (tertiary/aromatic N) is 2. The average molecular weight is 361 g/mol. The molecule has 0 bridgehead atoms. The Kier molecular flexibility index (Phi) is 4.88. The summed E-state index contributed by atoms with van der Waals surface area (Å²) in [7, 11) is 0. The van der Waals surface area contributed by atoms with Crippen molar-refractivity contribution in [2.45, 2.75) is 6.92 Å². The number of carbonyl (C=O) groups is 1. The second-order valence-corrected chi connectivity index (χ2v) is 5.83. The van der Waals surface area contributed by atoms with E-state index in [1.54, 1.807) is 35.9 Å². The van der Waals surface area contributed by atoms with Gasteiger partial charge in [-0.15, -0.1) is 0 Å². The van der Waals surface area contributed by atoms with Gasteiger partial charge in [-0.05, 0) is 31.2 Å². The van der Waals surface area contributed by atoms with Crippen molar-refractivity contribution in [3.05, 3.63) is 70.3 Å². The molecule has 0 saturated heterocycles. The van der Waals surface area contributed by atoms with Crippen LogP contribution in [0.4, 0.5) is 0 Å². The number of esters is 1. The van der Waals surface area contributed by atoms with E-state index in [9.17, 15) is 4.79 Å². The van der Waals surface area contributed by atoms with Crippen molar-refractivity contribution in [1.82, 2.24) is 9.78 Å². The molecule has 0 spiro atoms. The van der Waals surface area contributed by atoms with Crippen molar-refractivity contribution in [1.29, 1.82) is 0 Å². The Labute approximate surface area is 149 Å². The van der Waals surface area contributed by atoms with Crippen LogP contribution < -0.4 is 0 Å². The number of rotatable bonds is 4. The maximum absolute atomic E-state index is 12.0. The van der Waals surface area contributed by atoms with Crippen LogP contribution in [0.2, 0.25) is 10.0 Å². The molecule has 0 saturated carbocycles. The Balaban J connectivity index is 2.15. The second-order valence-electron chi connectivity index (χ2n) is 5.01. The molecular weight excluding hydrogens is 347 g/mol. The Hall–Kier alpha value is -2.30. The minimum absolute atomic E-state index is 0.238. The molecule has 4 nitrogen and oxygen atoms in total. The van der Waals surface area contributed by atoms with Gasteiger partial charge in [0.2, 0.25) is 0 Å². The van der Waals surface area contributed by atoms with Crippen molar-refractivity contribution < 1.29 is 9.53 Å². The van der Waals surface area contributed by atoms with Crippen LogP contribution >= 0.6 is 23.2 Å². The predicted molar refractivity (Wildman–Crippen MR) is 95.0 cm³/mol. The van der Waals surface area contributed by atoms with E-state index in [0.29, 0.717) is 22.3 Å².